The van der Waals surface area contributed by atoms with Gasteiger partial charge in [-0.15, -0.1) is 0 Å². The first-order chi connectivity index (χ1) is 15.7. The van der Waals surface area contributed by atoms with Crippen molar-refractivity contribution in [2.45, 2.75) is 44.4 Å². The van der Waals surface area contributed by atoms with E-state index in [0.717, 1.165) is 22.8 Å². The van der Waals surface area contributed by atoms with Crippen LogP contribution in [0.3, 0.4) is 0 Å². The lowest BCUT2D eigenvalue weighted by atomic mass is 9.76. The van der Waals surface area contributed by atoms with E-state index in [9.17, 15) is 4.79 Å². The van der Waals surface area contributed by atoms with E-state index in [-0.39, 0.29) is 5.91 Å². The van der Waals surface area contributed by atoms with Crippen LogP contribution in [0.2, 0.25) is 0 Å². The standard InChI is InChI=1S/C27H28N4O/c1-18(32)29-22-8-5-9-23(16-22)30-26-15-14-24-25(17-28-27(24)31-26)21-12-10-20(11-13-21)19-6-3-2-4-7-19/h2-9,14-17,20-21H,10-13H2,1H3,(H,29,32)(H2,28,30,31). The van der Waals surface area contributed by atoms with Crippen LogP contribution < -0.4 is 10.6 Å². The SMILES string of the molecule is CC(=O)Nc1cccc(Nc2ccc3c(C4CCC(c5ccccc5)CC4)c[nH]c3n2)c1. The van der Waals surface area contributed by atoms with Crippen molar-refractivity contribution in [2.75, 3.05) is 10.6 Å². The lowest BCUT2D eigenvalue weighted by molar-refractivity contribution is -0.114. The minimum atomic E-state index is -0.0848. The highest BCUT2D eigenvalue weighted by Crippen LogP contribution is 2.42. The van der Waals surface area contributed by atoms with Crippen LogP contribution in [0.5, 0.6) is 0 Å². The highest BCUT2D eigenvalue weighted by Gasteiger charge is 2.25. The summed E-state index contributed by atoms with van der Waals surface area (Å²) in [5.74, 6) is 1.95. The second-order valence-electron chi connectivity index (χ2n) is 8.68. The number of aromatic nitrogens is 2. The molecule has 0 spiro atoms. The summed E-state index contributed by atoms with van der Waals surface area (Å²) in [5.41, 5.74) is 5.42. The molecule has 1 aliphatic carbocycles. The van der Waals surface area contributed by atoms with Gasteiger partial charge in [0.25, 0.3) is 0 Å². The van der Waals surface area contributed by atoms with E-state index in [1.165, 1.54) is 49.1 Å². The zero-order valence-electron chi connectivity index (χ0n) is 18.3. The molecule has 1 fully saturated rings. The van der Waals surface area contributed by atoms with E-state index in [0.29, 0.717) is 11.8 Å². The van der Waals surface area contributed by atoms with E-state index in [4.69, 9.17) is 4.98 Å². The van der Waals surface area contributed by atoms with Crippen LogP contribution >= 0.6 is 0 Å². The number of fused-ring (bicyclic) bond motifs is 1. The summed E-state index contributed by atoms with van der Waals surface area (Å²) >= 11 is 0. The van der Waals surface area contributed by atoms with Gasteiger partial charge in [0.15, 0.2) is 0 Å². The van der Waals surface area contributed by atoms with Gasteiger partial charge in [0, 0.05) is 29.9 Å². The Kier molecular flexibility index (Phi) is 5.63. The minimum absolute atomic E-state index is 0.0848. The molecule has 162 valence electrons. The molecule has 5 rings (SSSR count). The summed E-state index contributed by atoms with van der Waals surface area (Å²) < 4.78 is 0. The summed E-state index contributed by atoms with van der Waals surface area (Å²) in [5, 5.41) is 7.36. The van der Waals surface area contributed by atoms with Gasteiger partial charge in [0.05, 0.1) is 0 Å². The average molecular weight is 425 g/mol. The van der Waals surface area contributed by atoms with Crippen molar-refractivity contribution in [3.05, 3.63) is 84.1 Å². The summed E-state index contributed by atoms with van der Waals surface area (Å²) in [4.78, 5) is 19.5. The Balaban J connectivity index is 1.29. The zero-order chi connectivity index (χ0) is 21.9. The number of H-pyrrole nitrogens is 1. The van der Waals surface area contributed by atoms with E-state index in [1.54, 1.807) is 0 Å². The Morgan fingerprint density at radius 1 is 0.906 bits per heavy atom. The topological polar surface area (TPSA) is 69.8 Å². The number of hydrogen-bond acceptors (Lipinski definition) is 3. The summed E-state index contributed by atoms with van der Waals surface area (Å²) in [7, 11) is 0. The molecule has 2 aromatic carbocycles. The monoisotopic (exact) mass is 424 g/mol. The Morgan fingerprint density at radius 2 is 1.66 bits per heavy atom. The second kappa shape index (κ2) is 8.87. The summed E-state index contributed by atoms with van der Waals surface area (Å²) in [6.45, 7) is 1.51. The van der Waals surface area contributed by atoms with Crippen LogP contribution in [0.1, 0.15) is 55.6 Å². The normalized spacial score (nSPS) is 18.4. The van der Waals surface area contributed by atoms with E-state index < -0.39 is 0 Å². The molecule has 1 aliphatic rings. The Bertz CT molecular complexity index is 1220. The summed E-state index contributed by atoms with van der Waals surface area (Å²) in [6, 6.07) is 22.7. The van der Waals surface area contributed by atoms with Gasteiger partial charge in [-0.05, 0) is 79.0 Å². The van der Waals surface area contributed by atoms with Crippen molar-refractivity contribution in [1.29, 1.82) is 0 Å². The van der Waals surface area contributed by atoms with Crippen molar-refractivity contribution >= 4 is 34.1 Å². The number of amides is 1. The summed E-state index contributed by atoms with van der Waals surface area (Å²) in [6.07, 6.45) is 7.04. The number of benzene rings is 2. The molecule has 1 amide bonds. The first-order valence-corrected chi connectivity index (χ1v) is 11.3. The fourth-order valence-corrected chi connectivity index (χ4v) is 4.92. The van der Waals surface area contributed by atoms with Crippen molar-refractivity contribution in [3.8, 4) is 0 Å². The van der Waals surface area contributed by atoms with Crippen LogP contribution in [-0.2, 0) is 4.79 Å². The van der Waals surface area contributed by atoms with Gasteiger partial charge in [-0.25, -0.2) is 4.98 Å². The van der Waals surface area contributed by atoms with E-state index >= 15 is 0 Å². The predicted octanol–water partition coefficient (Wildman–Crippen LogP) is 6.71. The Labute approximate surface area is 188 Å². The molecule has 5 nitrogen and oxygen atoms in total. The number of aromatic amines is 1. The maximum Gasteiger partial charge on any atom is 0.221 e. The predicted molar refractivity (Wildman–Crippen MR) is 131 cm³/mol. The van der Waals surface area contributed by atoms with Crippen LogP contribution in [0, 0.1) is 0 Å². The molecule has 0 aliphatic heterocycles. The fraction of sp³-hybridized carbons (Fsp3) is 0.259. The molecule has 0 radical (unpaired) electrons. The third-order valence-corrected chi connectivity index (χ3v) is 6.46. The largest absolute Gasteiger partial charge is 0.346 e. The number of anilines is 3. The van der Waals surface area contributed by atoms with Gasteiger partial charge in [-0.3, -0.25) is 4.79 Å². The lowest BCUT2D eigenvalue weighted by Crippen LogP contribution is -2.11. The Hall–Kier alpha value is -3.60. The molecule has 32 heavy (non-hydrogen) atoms. The molecule has 0 saturated heterocycles. The maximum absolute atomic E-state index is 11.3. The van der Waals surface area contributed by atoms with Crippen LogP contribution in [0.25, 0.3) is 11.0 Å². The third kappa shape index (κ3) is 4.37. The molecule has 0 unspecified atom stereocenters. The number of hydrogen-bond donors (Lipinski definition) is 3. The molecular formula is C27H28N4O. The fourth-order valence-electron chi connectivity index (χ4n) is 4.92. The molecule has 0 bridgehead atoms. The average Bonchev–Trinajstić information content (AvgIpc) is 3.23. The number of nitrogens with one attached hydrogen (secondary N) is 3. The molecular weight excluding hydrogens is 396 g/mol. The smallest absolute Gasteiger partial charge is 0.221 e. The first kappa shape index (κ1) is 20.3. The maximum atomic E-state index is 11.3. The molecule has 1 saturated carbocycles. The Morgan fingerprint density at radius 3 is 2.44 bits per heavy atom. The number of rotatable bonds is 5. The van der Waals surface area contributed by atoms with Crippen LogP contribution in [0.15, 0.2) is 72.9 Å². The van der Waals surface area contributed by atoms with E-state index in [1.807, 2.05) is 30.3 Å². The number of pyridine rings is 1. The van der Waals surface area contributed by atoms with Gasteiger partial charge >= 0.3 is 0 Å². The molecule has 0 atom stereocenters. The van der Waals surface area contributed by atoms with Crippen molar-refractivity contribution in [2.24, 2.45) is 0 Å². The van der Waals surface area contributed by atoms with Crippen molar-refractivity contribution in [3.63, 3.8) is 0 Å². The minimum Gasteiger partial charge on any atom is -0.346 e. The highest BCUT2D eigenvalue weighted by atomic mass is 16.1. The molecule has 5 heteroatoms. The van der Waals surface area contributed by atoms with Gasteiger partial charge in [-0.2, -0.15) is 0 Å². The highest BCUT2D eigenvalue weighted by molar-refractivity contribution is 5.89. The molecule has 3 N–H and O–H groups in total. The number of carbonyl (C=O) groups excluding carboxylic acids is 1. The van der Waals surface area contributed by atoms with Gasteiger partial charge < -0.3 is 15.6 Å². The van der Waals surface area contributed by atoms with Crippen molar-refractivity contribution < 1.29 is 4.79 Å². The molecule has 4 aromatic rings. The van der Waals surface area contributed by atoms with Crippen molar-refractivity contribution in [1.82, 2.24) is 9.97 Å². The lowest BCUT2D eigenvalue weighted by Gasteiger charge is -2.28. The number of carbonyl (C=O) groups is 1. The van der Waals surface area contributed by atoms with Gasteiger partial charge in [0.1, 0.15) is 11.5 Å². The van der Waals surface area contributed by atoms with E-state index in [2.05, 4.69) is 58.2 Å². The third-order valence-electron chi connectivity index (χ3n) is 6.46. The number of nitrogens with zero attached hydrogens (tertiary/aromatic N) is 1. The zero-order valence-corrected chi connectivity index (χ0v) is 18.3. The van der Waals surface area contributed by atoms with Gasteiger partial charge in [-0.1, -0.05) is 36.4 Å². The second-order valence-corrected chi connectivity index (χ2v) is 8.68. The molecule has 2 aromatic heterocycles. The van der Waals surface area contributed by atoms with Gasteiger partial charge in [0.2, 0.25) is 5.91 Å². The quantitative estimate of drug-likeness (QED) is 0.334. The van der Waals surface area contributed by atoms with Crippen LogP contribution in [-0.4, -0.2) is 15.9 Å². The molecule has 2 heterocycles. The van der Waals surface area contributed by atoms with Crippen LogP contribution in [0.4, 0.5) is 17.2 Å². The first-order valence-electron chi connectivity index (χ1n) is 11.3.